The minimum Gasteiger partial charge on any atom is -0.481 e. The molecule has 0 aliphatic rings. The van der Waals surface area contributed by atoms with Crippen LogP contribution in [-0.2, 0) is 9.59 Å². The second kappa shape index (κ2) is 8.22. The molecule has 1 rings (SSSR count). The number of benzene rings is 1. The van der Waals surface area contributed by atoms with Gasteiger partial charge < -0.3 is 10.4 Å². The van der Waals surface area contributed by atoms with Crippen LogP contribution in [-0.4, -0.2) is 29.3 Å². The molecule has 6 heteroatoms. The zero-order chi connectivity index (χ0) is 14.3. The number of carboxylic acids is 1. The van der Waals surface area contributed by atoms with E-state index in [1.807, 2.05) is 24.3 Å². The monoisotopic (exact) mass is 345 g/mol. The van der Waals surface area contributed by atoms with E-state index >= 15 is 0 Å². The zero-order valence-electron chi connectivity index (χ0n) is 10.6. The fourth-order valence-corrected chi connectivity index (χ4v) is 2.77. The lowest BCUT2D eigenvalue weighted by Crippen LogP contribution is -2.31. The number of halogens is 1. The molecule has 0 bridgehead atoms. The van der Waals surface area contributed by atoms with Crippen molar-refractivity contribution >= 4 is 39.6 Å². The minimum absolute atomic E-state index is 0.118. The molecule has 1 aromatic rings. The van der Waals surface area contributed by atoms with Gasteiger partial charge in [-0.2, -0.15) is 0 Å². The number of carboxylic acid groups (broad SMARTS) is 1. The number of thioether (sulfide) groups is 1. The second-order valence-corrected chi connectivity index (χ2v) is 6.06. The molecule has 0 spiro atoms. The first-order valence-corrected chi connectivity index (χ1v) is 7.65. The molecule has 0 saturated heterocycles. The molecular formula is C13H16BrNO3S. The maximum Gasteiger partial charge on any atom is 0.308 e. The summed E-state index contributed by atoms with van der Waals surface area (Å²) in [6.45, 7) is 1.74. The Labute approximate surface area is 125 Å². The number of hydrogen-bond donors (Lipinski definition) is 2. The van der Waals surface area contributed by atoms with Crippen molar-refractivity contribution in [1.29, 1.82) is 0 Å². The maximum absolute atomic E-state index is 11.5. The molecule has 0 heterocycles. The van der Waals surface area contributed by atoms with E-state index < -0.39 is 11.9 Å². The lowest BCUT2D eigenvalue weighted by Gasteiger charge is -2.08. The van der Waals surface area contributed by atoms with Crippen molar-refractivity contribution in [2.75, 3.05) is 12.3 Å². The van der Waals surface area contributed by atoms with Gasteiger partial charge in [0.15, 0.2) is 0 Å². The number of aliphatic carboxylic acids is 1. The van der Waals surface area contributed by atoms with Crippen LogP contribution in [0.2, 0.25) is 0 Å². The summed E-state index contributed by atoms with van der Waals surface area (Å²) >= 11 is 5.03. The van der Waals surface area contributed by atoms with Crippen LogP contribution < -0.4 is 5.32 Å². The van der Waals surface area contributed by atoms with Crippen molar-refractivity contribution in [3.63, 3.8) is 0 Å². The smallest absolute Gasteiger partial charge is 0.308 e. The number of nitrogens with one attached hydrogen (secondary N) is 1. The summed E-state index contributed by atoms with van der Waals surface area (Å²) in [6.07, 6.45) is 0.373. The van der Waals surface area contributed by atoms with Crippen LogP contribution in [0, 0.1) is 5.92 Å². The van der Waals surface area contributed by atoms with E-state index in [0.717, 1.165) is 9.37 Å². The summed E-state index contributed by atoms with van der Waals surface area (Å²) in [7, 11) is 0. The first-order chi connectivity index (χ1) is 9.00. The lowest BCUT2D eigenvalue weighted by atomic mass is 10.2. The van der Waals surface area contributed by atoms with E-state index in [2.05, 4.69) is 21.2 Å². The first-order valence-electron chi connectivity index (χ1n) is 5.87. The molecule has 0 radical (unpaired) electrons. The Morgan fingerprint density at radius 1 is 1.42 bits per heavy atom. The van der Waals surface area contributed by atoms with Gasteiger partial charge in [0.25, 0.3) is 0 Å². The molecule has 1 unspecified atom stereocenters. The van der Waals surface area contributed by atoms with Gasteiger partial charge in [-0.05, 0) is 28.1 Å². The molecule has 0 aromatic heterocycles. The van der Waals surface area contributed by atoms with Crippen molar-refractivity contribution in [3.8, 4) is 0 Å². The quantitative estimate of drug-likeness (QED) is 0.745. The highest BCUT2D eigenvalue weighted by Crippen LogP contribution is 2.27. The summed E-state index contributed by atoms with van der Waals surface area (Å²) in [6, 6.07) is 7.83. The summed E-state index contributed by atoms with van der Waals surface area (Å²) in [5.74, 6) is -0.911. The van der Waals surface area contributed by atoms with Crippen LogP contribution in [0.15, 0.2) is 33.6 Å². The Morgan fingerprint density at radius 2 is 2.11 bits per heavy atom. The number of amides is 1. The van der Waals surface area contributed by atoms with Gasteiger partial charge in [-0.1, -0.05) is 19.1 Å². The molecular weight excluding hydrogens is 330 g/mol. The topological polar surface area (TPSA) is 66.4 Å². The average Bonchev–Trinajstić information content (AvgIpc) is 2.38. The zero-order valence-corrected chi connectivity index (χ0v) is 13.0. The predicted molar refractivity (Wildman–Crippen MR) is 79.3 cm³/mol. The van der Waals surface area contributed by atoms with Crippen LogP contribution in [0.4, 0.5) is 0 Å². The summed E-state index contributed by atoms with van der Waals surface area (Å²) in [4.78, 5) is 23.2. The van der Waals surface area contributed by atoms with E-state index in [-0.39, 0.29) is 12.5 Å². The third-order valence-electron chi connectivity index (χ3n) is 2.45. The van der Waals surface area contributed by atoms with Crippen molar-refractivity contribution in [2.45, 2.75) is 18.2 Å². The van der Waals surface area contributed by atoms with Gasteiger partial charge in [0.2, 0.25) is 5.91 Å². The normalized spacial score (nSPS) is 11.9. The van der Waals surface area contributed by atoms with Crippen molar-refractivity contribution in [3.05, 3.63) is 28.7 Å². The number of hydrogen-bond acceptors (Lipinski definition) is 3. The van der Waals surface area contributed by atoms with Crippen LogP contribution in [0.3, 0.4) is 0 Å². The fraction of sp³-hybridized carbons (Fsp3) is 0.385. The van der Waals surface area contributed by atoms with E-state index in [1.165, 1.54) is 0 Å². The molecule has 2 N–H and O–H groups in total. The van der Waals surface area contributed by atoms with Crippen LogP contribution in [0.25, 0.3) is 0 Å². The minimum atomic E-state index is -0.900. The van der Waals surface area contributed by atoms with E-state index in [0.29, 0.717) is 12.2 Å². The molecule has 0 fully saturated rings. The van der Waals surface area contributed by atoms with Crippen molar-refractivity contribution in [1.82, 2.24) is 5.32 Å². The third-order valence-corrected chi connectivity index (χ3v) is 4.48. The van der Waals surface area contributed by atoms with E-state index in [4.69, 9.17) is 5.11 Å². The fourth-order valence-electron chi connectivity index (χ4n) is 1.26. The van der Waals surface area contributed by atoms with E-state index in [9.17, 15) is 9.59 Å². The Morgan fingerprint density at radius 3 is 2.74 bits per heavy atom. The second-order valence-electron chi connectivity index (χ2n) is 4.07. The Balaban J connectivity index is 2.24. The SMILES string of the molecule is CC(CNC(=O)CCSc1ccccc1Br)C(=O)O. The largest absolute Gasteiger partial charge is 0.481 e. The number of carbonyl (C=O) groups excluding carboxylic acids is 1. The van der Waals surface area contributed by atoms with Crippen molar-refractivity contribution < 1.29 is 14.7 Å². The molecule has 104 valence electrons. The number of rotatable bonds is 7. The molecule has 1 atom stereocenters. The highest BCUT2D eigenvalue weighted by atomic mass is 79.9. The molecule has 4 nitrogen and oxygen atoms in total. The molecule has 1 amide bonds. The molecule has 0 saturated carbocycles. The summed E-state index contributed by atoms with van der Waals surface area (Å²) in [5, 5.41) is 11.3. The van der Waals surface area contributed by atoms with Crippen molar-refractivity contribution in [2.24, 2.45) is 5.92 Å². The van der Waals surface area contributed by atoms with E-state index in [1.54, 1.807) is 18.7 Å². The van der Waals surface area contributed by atoms with Gasteiger partial charge >= 0.3 is 5.97 Å². The summed E-state index contributed by atoms with van der Waals surface area (Å²) in [5.41, 5.74) is 0. The van der Waals surface area contributed by atoms with Gasteiger partial charge in [0.05, 0.1) is 5.92 Å². The van der Waals surface area contributed by atoms with Gasteiger partial charge in [-0.25, -0.2) is 0 Å². The summed E-state index contributed by atoms with van der Waals surface area (Å²) < 4.78 is 1.01. The molecule has 0 aliphatic heterocycles. The van der Waals surface area contributed by atoms with Gasteiger partial charge in [0.1, 0.15) is 0 Å². The van der Waals surface area contributed by atoms with Crippen LogP contribution >= 0.6 is 27.7 Å². The lowest BCUT2D eigenvalue weighted by molar-refractivity contribution is -0.141. The number of carbonyl (C=O) groups is 2. The highest BCUT2D eigenvalue weighted by molar-refractivity contribution is 9.10. The van der Waals surface area contributed by atoms with Crippen LogP contribution in [0.5, 0.6) is 0 Å². The Bertz CT molecular complexity index is 453. The average molecular weight is 346 g/mol. The molecule has 0 aliphatic carbocycles. The maximum atomic E-state index is 11.5. The standard InChI is InChI=1S/C13H16BrNO3S/c1-9(13(17)18)8-15-12(16)6-7-19-11-5-3-2-4-10(11)14/h2-5,9H,6-8H2,1H3,(H,15,16)(H,17,18). The first kappa shape index (κ1) is 16.0. The van der Waals surface area contributed by atoms with Crippen LogP contribution in [0.1, 0.15) is 13.3 Å². The molecule has 19 heavy (non-hydrogen) atoms. The predicted octanol–water partition coefficient (Wildman–Crippen LogP) is 2.77. The Hall–Kier alpha value is -1.01. The van der Waals surface area contributed by atoms with Gasteiger partial charge in [-0.3, -0.25) is 9.59 Å². The Kier molecular flexibility index (Phi) is 6.94. The third kappa shape index (κ3) is 6.11. The molecule has 1 aromatic carbocycles. The highest BCUT2D eigenvalue weighted by Gasteiger charge is 2.12. The van der Waals surface area contributed by atoms with Gasteiger partial charge in [0, 0.05) is 28.1 Å². The van der Waals surface area contributed by atoms with Gasteiger partial charge in [-0.15, -0.1) is 11.8 Å².